The van der Waals surface area contributed by atoms with Crippen LogP contribution in [0, 0.1) is 11.7 Å². The van der Waals surface area contributed by atoms with Crippen LogP contribution < -0.4 is 4.90 Å². The van der Waals surface area contributed by atoms with Crippen LogP contribution in [0.25, 0.3) is 0 Å². The van der Waals surface area contributed by atoms with Crippen LogP contribution in [0.4, 0.5) is 10.1 Å². The highest BCUT2D eigenvalue weighted by molar-refractivity contribution is 5.83. The molecule has 3 atom stereocenters. The normalized spacial score (nSPS) is 25.3. The van der Waals surface area contributed by atoms with Gasteiger partial charge >= 0.3 is 5.97 Å². The maximum absolute atomic E-state index is 13.1. The fourth-order valence-electron chi connectivity index (χ4n) is 4.03. The third kappa shape index (κ3) is 4.40. The number of rotatable bonds is 4. The predicted molar refractivity (Wildman–Crippen MR) is 101 cm³/mol. The van der Waals surface area contributed by atoms with E-state index >= 15 is 0 Å². The van der Waals surface area contributed by atoms with Crippen molar-refractivity contribution in [1.29, 1.82) is 0 Å². The molecule has 2 fully saturated rings. The number of aliphatic carboxylic acids is 1. The first-order valence-corrected chi connectivity index (χ1v) is 9.64. The molecule has 1 aromatic carbocycles. The van der Waals surface area contributed by atoms with Gasteiger partial charge in [0.05, 0.1) is 12.0 Å². The van der Waals surface area contributed by atoms with E-state index in [0.29, 0.717) is 13.0 Å². The Balaban J connectivity index is 1.58. The van der Waals surface area contributed by atoms with Gasteiger partial charge in [-0.1, -0.05) is 0 Å². The Morgan fingerprint density at radius 2 is 1.74 bits per heavy atom. The molecule has 1 N–H and O–H groups in total. The summed E-state index contributed by atoms with van der Waals surface area (Å²) in [6.07, 6.45) is 1.36. The molecule has 0 aromatic heterocycles. The number of hydrogen-bond acceptors (Lipinski definition) is 4. The van der Waals surface area contributed by atoms with Crippen LogP contribution in [0.1, 0.15) is 26.7 Å². The predicted octanol–water partition coefficient (Wildman–Crippen LogP) is 2.05. The number of carboxylic acid groups (broad SMARTS) is 1. The van der Waals surface area contributed by atoms with Crippen LogP contribution >= 0.6 is 0 Å². The van der Waals surface area contributed by atoms with Gasteiger partial charge < -0.3 is 14.9 Å². The van der Waals surface area contributed by atoms with Crippen LogP contribution in [0.2, 0.25) is 0 Å². The molecular weight excluding hydrogens is 349 g/mol. The number of halogens is 1. The lowest BCUT2D eigenvalue weighted by atomic mass is 9.93. The van der Waals surface area contributed by atoms with Crippen molar-refractivity contribution in [3.05, 3.63) is 30.1 Å². The van der Waals surface area contributed by atoms with E-state index < -0.39 is 11.9 Å². The minimum Gasteiger partial charge on any atom is -0.481 e. The molecule has 0 spiro atoms. The molecule has 6 nitrogen and oxygen atoms in total. The number of carbonyl (C=O) groups excluding carboxylic acids is 1. The molecule has 2 saturated heterocycles. The molecule has 0 saturated carbocycles. The Labute approximate surface area is 159 Å². The summed E-state index contributed by atoms with van der Waals surface area (Å²) < 4.78 is 13.1. The van der Waals surface area contributed by atoms with Gasteiger partial charge in [0.15, 0.2) is 0 Å². The number of piperidine rings is 1. The fourth-order valence-corrected chi connectivity index (χ4v) is 4.03. The maximum Gasteiger partial charge on any atom is 0.308 e. The standard InChI is InChI=1S/C20H28FN3O3/c1-14-3-4-16(20(26)27)13-24(14)19(25)15(2)22-9-11-23(12-10-22)18-7-5-17(21)6-8-18/h5-8,14-16H,3-4,9-13H2,1-2H3,(H,26,27). The molecule has 1 aromatic rings. The summed E-state index contributed by atoms with van der Waals surface area (Å²) in [4.78, 5) is 30.4. The first-order valence-electron chi connectivity index (χ1n) is 9.64. The molecule has 1 amide bonds. The van der Waals surface area contributed by atoms with Gasteiger partial charge in [-0.3, -0.25) is 14.5 Å². The third-order valence-corrected chi connectivity index (χ3v) is 5.93. The van der Waals surface area contributed by atoms with E-state index in [1.165, 1.54) is 12.1 Å². The second-order valence-corrected chi connectivity index (χ2v) is 7.63. The van der Waals surface area contributed by atoms with E-state index in [4.69, 9.17) is 0 Å². The van der Waals surface area contributed by atoms with E-state index in [9.17, 15) is 19.1 Å². The fraction of sp³-hybridized carbons (Fsp3) is 0.600. The first kappa shape index (κ1) is 19.6. The average Bonchev–Trinajstić information content (AvgIpc) is 2.68. The first-order chi connectivity index (χ1) is 12.9. The average molecular weight is 377 g/mol. The summed E-state index contributed by atoms with van der Waals surface area (Å²) >= 11 is 0. The molecule has 0 aliphatic carbocycles. The minimum absolute atomic E-state index is 0.0173. The van der Waals surface area contributed by atoms with Crippen LogP contribution in [-0.2, 0) is 9.59 Å². The van der Waals surface area contributed by atoms with Gasteiger partial charge in [0.25, 0.3) is 0 Å². The van der Waals surface area contributed by atoms with Crippen molar-refractivity contribution in [3.63, 3.8) is 0 Å². The molecule has 0 radical (unpaired) electrons. The lowest BCUT2D eigenvalue weighted by Gasteiger charge is -2.42. The number of carbonyl (C=O) groups is 2. The summed E-state index contributed by atoms with van der Waals surface area (Å²) in [5.41, 5.74) is 0.990. The zero-order valence-electron chi connectivity index (χ0n) is 16.0. The molecule has 3 rings (SSSR count). The molecule has 0 bridgehead atoms. The Kier molecular flexibility index (Phi) is 5.99. The second-order valence-electron chi connectivity index (χ2n) is 7.63. The van der Waals surface area contributed by atoms with Crippen molar-refractivity contribution < 1.29 is 19.1 Å². The van der Waals surface area contributed by atoms with Crippen molar-refractivity contribution in [3.8, 4) is 0 Å². The maximum atomic E-state index is 13.1. The summed E-state index contributed by atoms with van der Waals surface area (Å²) in [6.45, 7) is 7.24. The number of carboxylic acids is 1. The van der Waals surface area contributed by atoms with Crippen molar-refractivity contribution in [2.45, 2.75) is 38.8 Å². The summed E-state index contributed by atoms with van der Waals surface area (Å²) in [5.74, 6) is -1.51. The monoisotopic (exact) mass is 377 g/mol. The van der Waals surface area contributed by atoms with Crippen molar-refractivity contribution in [1.82, 2.24) is 9.80 Å². The molecular formula is C20H28FN3O3. The summed E-state index contributed by atoms with van der Waals surface area (Å²) in [6, 6.07) is 6.29. The van der Waals surface area contributed by atoms with Crippen LogP contribution in [0.15, 0.2) is 24.3 Å². The van der Waals surface area contributed by atoms with Crippen LogP contribution in [-0.4, -0.2) is 71.6 Å². The Hall–Kier alpha value is -2.15. The highest BCUT2D eigenvalue weighted by Crippen LogP contribution is 2.24. The number of hydrogen-bond donors (Lipinski definition) is 1. The van der Waals surface area contributed by atoms with Gasteiger partial charge in [0, 0.05) is 44.5 Å². The summed E-state index contributed by atoms with van der Waals surface area (Å²) in [5, 5.41) is 9.29. The van der Waals surface area contributed by atoms with Crippen molar-refractivity contribution in [2.24, 2.45) is 5.92 Å². The zero-order valence-corrected chi connectivity index (χ0v) is 16.0. The lowest BCUT2D eigenvalue weighted by Crippen LogP contribution is -2.57. The smallest absolute Gasteiger partial charge is 0.308 e. The van der Waals surface area contributed by atoms with E-state index in [1.807, 2.05) is 13.8 Å². The van der Waals surface area contributed by atoms with Crippen LogP contribution in [0.3, 0.4) is 0 Å². The van der Waals surface area contributed by atoms with Gasteiger partial charge in [-0.05, 0) is 51.0 Å². The third-order valence-electron chi connectivity index (χ3n) is 5.93. The van der Waals surface area contributed by atoms with Crippen molar-refractivity contribution in [2.75, 3.05) is 37.6 Å². The van der Waals surface area contributed by atoms with E-state index in [-0.39, 0.29) is 23.8 Å². The SMILES string of the molecule is CC(C(=O)N1CC(C(=O)O)CCC1C)N1CCN(c2ccc(F)cc2)CC1. The molecule has 2 heterocycles. The molecule has 2 aliphatic heterocycles. The number of nitrogens with zero attached hydrogens (tertiary/aromatic N) is 3. The highest BCUT2D eigenvalue weighted by Gasteiger charge is 2.36. The minimum atomic E-state index is -0.819. The van der Waals surface area contributed by atoms with E-state index in [1.54, 1.807) is 17.0 Å². The number of benzene rings is 1. The molecule has 7 heteroatoms. The summed E-state index contributed by atoms with van der Waals surface area (Å²) in [7, 11) is 0. The zero-order chi connectivity index (χ0) is 19.6. The van der Waals surface area contributed by atoms with Gasteiger partial charge in [-0.2, -0.15) is 0 Å². The Morgan fingerprint density at radius 1 is 1.11 bits per heavy atom. The van der Waals surface area contributed by atoms with Gasteiger partial charge in [-0.15, -0.1) is 0 Å². The molecule has 148 valence electrons. The number of likely N-dealkylation sites (tertiary alicyclic amines) is 1. The Morgan fingerprint density at radius 3 is 2.33 bits per heavy atom. The van der Waals surface area contributed by atoms with E-state index in [2.05, 4.69) is 9.80 Å². The number of amides is 1. The lowest BCUT2D eigenvalue weighted by molar-refractivity contribution is -0.149. The van der Waals surface area contributed by atoms with Gasteiger partial charge in [0.2, 0.25) is 5.91 Å². The topological polar surface area (TPSA) is 64.1 Å². The number of piperazine rings is 1. The molecule has 3 unspecified atom stereocenters. The highest BCUT2D eigenvalue weighted by atomic mass is 19.1. The van der Waals surface area contributed by atoms with E-state index in [0.717, 1.165) is 38.3 Å². The number of anilines is 1. The molecule has 2 aliphatic rings. The van der Waals surface area contributed by atoms with Crippen molar-refractivity contribution >= 4 is 17.6 Å². The van der Waals surface area contributed by atoms with Gasteiger partial charge in [-0.25, -0.2) is 4.39 Å². The second kappa shape index (κ2) is 8.25. The largest absolute Gasteiger partial charge is 0.481 e. The Bertz CT molecular complexity index is 674. The van der Waals surface area contributed by atoms with Gasteiger partial charge in [0.1, 0.15) is 5.82 Å². The quantitative estimate of drug-likeness (QED) is 0.870. The van der Waals surface area contributed by atoms with Crippen LogP contribution in [0.5, 0.6) is 0 Å². The molecule has 27 heavy (non-hydrogen) atoms.